The van der Waals surface area contributed by atoms with Crippen LogP contribution in [0.2, 0.25) is 0 Å². The number of hydrogen-bond donors (Lipinski definition) is 1. The van der Waals surface area contributed by atoms with Gasteiger partial charge in [0.1, 0.15) is 0 Å². The quantitative estimate of drug-likeness (QED) is 0.823. The van der Waals surface area contributed by atoms with Crippen molar-refractivity contribution in [3.05, 3.63) is 17.7 Å². The summed E-state index contributed by atoms with van der Waals surface area (Å²) >= 11 is 0. The molecule has 1 aromatic rings. The van der Waals surface area contributed by atoms with Crippen molar-refractivity contribution in [2.75, 3.05) is 20.8 Å². The Kier molecular flexibility index (Phi) is 3.99. The van der Waals surface area contributed by atoms with Crippen LogP contribution in [-0.2, 0) is 4.79 Å². The number of hydrogen-bond acceptors (Lipinski definition) is 4. The minimum absolute atomic E-state index is 0.304. The van der Waals surface area contributed by atoms with Crippen molar-refractivity contribution in [3.63, 3.8) is 0 Å². The first-order chi connectivity index (χ1) is 7.58. The fourth-order valence-electron chi connectivity index (χ4n) is 1.29. The summed E-state index contributed by atoms with van der Waals surface area (Å²) in [5.41, 5.74) is 0.941. The van der Waals surface area contributed by atoms with Crippen LogP contribution in [0.1, 0.15) is 5.56 Å². The third kappa shape index (κ3) is 2.79. The SMILES string of the molecule is COc1cc(C)cc(OC)c1OCC(=O)O. The number of carboxylic acids is 1. The van der Waals surface area contributed by atoms with Gasteiger partial charge in [0.05, 0.1) is 14.2 Å². The lowest BCUT2D eigenvalue weighted by Gasteiger charge is -2.13. The first kappa shape index (κ1) is 12.2. The zero-order valence-corrected chi connectivity index (χ0v) is 9.44. The third-order valence-electron chi connectivity index (χ3n) is 1.94. The van der Waals surface area contributed by atoms with Gasteiger partial charge >= 0.3 is 5.97 Å². The van der Waals surface area contributed by atoms with Gasteiger partial charge in [0.15, 0.2) is 18.1 Å². The standard InChI is InChI=1S/C11H14O5/c1-7-4-8(14-2)11(9(5-7)15-3)16-6-10(12)13/h4-5H,6H2,1-3H3,(H,12,13). The van der Waals surface area contributed by atoms with E-state index in [0.29, 0.717) is 17.2 Å². The van der Waals surface area contributed by atoms with Gasteiger partial charge in [-0.15, -0.1) is 0 Å². The van der Waals surface area contributed by atoms with E-state index in [1.54, 1.807) is 12.1 Å². The van der Waals surface area contributed by atoms with Crippen molar-refractivity contribution in [1.29, 1.82) is 0 Å². The highest BCUT2D eigenvalue weighted by Crippen LogP contribution is 2.38. The molecule has 5 nitrogen and oxygen atoms in total. The van der Waals surface area contributed by atoms with E-state index in [2.05, 4.69) is 0 Å². The highest BCUT2D eigenvalue weighted by atomic mass is 16.5. The smallest absolute Gasteiger partial charge is 0.341 e. The average molecular weight is 226 g/mol. The highest BCUT2D eigenvalue weighted by Gasteiger charge is 2.14. The summed E-state index contributed by atoms with van der Waals surface area (Å²) in [6.07, 6.45) is 0. The van der Waals surface area contributed by atoms with Gasteiger partial charge in [0.25, 0.3) is 0 Å². The monoisotopic (exact) mass is 226 g/mol. The predicted octanol–water partition coefficient (Wildman–Crippen LogP) is 1.48. The van der Waals surface area contributed by atoms with E-state index in [0.717, 1.165) is 5.56 Å². The Morgan fingerprint density at radius 1 is 1.25 bits per heavy atom. The van der Waals surface area contributed by atoms with Crippen molar-refractivity contribution in [3.8, 4) is 17.2 Å². The molecule has 0 aliphatic heterocycles. The lowest BCUT2D eigenvalue weighted by atomic mass is 10.2. The fourth-order valence-corrected chi connectivity index (χ4v) is 1.29. The predicted molar refractivity (Wildman–Crippen MR) is 57.4 cm³/mol. The molecular formula is C11H14O5. The number of carboxylic acid groups (broad SMARTS) is 1. The molecule has 88 valence electrons. The zero-order chi connectivity index (χ0) is 12.1. The summed E-state index contributed by atoms with van der Waals surface area (Å²) < 4.78 is 15.3. The molecule has 5 heteroatoms. The molecule has 0 saturated carbocycles. The minimum atomic E-state index is -1.05. The Morgan fingerprint density at radius 2 is 1.75 bits per heavy atom. The number of carbonyl (C=O) groups is 1. The van der Waals surface area contributed by atoms with Gasteiger partial charge < -0.3 is 19.3 Å². The number of benzene rings is 1. The van der Waals surface area contributed by atoms with Crippen LogP contribution in [0.5, 0.6) is 17.2 Å². The van der Waals surface area contributed by atoms with E-state index in [1.165, 1.54) is 14.2 Å². The lowest BCUT2D eigenvalue weighted by molar-refractivity contribution is -0.139. The molecule has 1 aromatic carbocycles. The lowest BCUT2D eigenvalue weighted by Crippen LogP contribution is -2.10. The normalized spacial score (nSPS) is 9.69. The van der Waals surface area contributed by atoms with Gasteiger partial charge in [-0.1, -0.05) is 0 Å². The van der Waals surface area contributed by atoms with Crippen LogP contribution in [0.4, 0.5) is 0 Å². The van der Waals surface area contributed by atoms with Crippen LogP contribution in [0, 0.1) is 6.92 Å². The number of rotatable bonds is 5. The summed E-state index contributed by atoms with van der Waals surface area (Å²) in [6, 6.07) is 3.50. The van der Waals surface area contributed by atoms with Gasteiger partial charge in [0.2, 0.25) is 5.75 Å². The van der Waals surface area contributed by atoms with Crippen molar-refractivity contribution < 1.29 is 24.1 Å². The van der Waals surface area contributed by atoms with Crippen LogP contribution in [0.3, 0.4) is 0 Å². The maximum atomic E-state index is 10.4. The Labute approximate surface area is 93.6 Å². The number of ether oxygens (including phenoxy) is 3. The van der Waals surface area contributed by atoms with Crippen LogP contribution in [0.25, 0.3) is 0 Å². The molecule has 0 fully saturated rings. The summed E-state index contributed by atoms with van der Waals surface area (Å²) in [5.74, 6) is 0.166. The van der Waals surface area contributed by atoms with E-state index in [4.69, 9.17) is 19.3 Å². The van der Waals surface area contributed by atoms with Crippen molar-refractivity contribution in [2.45, 2.75) is 6.92 Å². The van der Waals surface area contributed by atoms with Crippen molar-refractivity contribution >= 4 is 5.97 Å². The maximum Gasteiger partial charge on any atom is 0.341 e. The molecule has 0 bridgehead atoms. The van der Waals surface area contributed by atoms with Gasteiger partial charge in [0, 0.05) is 0 Å². The maximum absolute atomic E-state index is 10.4. The average Bonchev–Trinajstić information content (AvgIpc) is 2.25. The Hall–Kier alpha value is -1.91. The Balaban J connectivity index is 3.06. The molecule has 0 atom stereocenters. The molecule has 0 aromatic heterocycles. The first-order valence-electron chi connectivity index (χ1n) is 4.65. The molecule has 0 aliphatic rings. The number of aliphatic carboxylic acids is 1. The van der Waals surface area contributed by atoms with E-state index >= 15 is 0 Å². The van der Waals surface area contributed by atoms with Crippen LogP contribution < -0.4 is 14.2 Å². The number of methoxy groups -OCH3 is 2. The van der Waals surface area contributed by atoms with Crippen LogP contribution in [-0.4, -0.2) is 31.9 Å². The molecule has 1 rings (SSSR count). The molecule has 0 saturated heterocycles. The molecule has 1 N–H and O–H groups in total. The third-order valence-corrected chi connectivity index (χ3v) is 1.94. The summed E-state index contributed by atoms with van der Waals surface area (Å²) in [6.45, 7) is 1.45. The molecule has 0 amide bonds. The summed E-state index contributed by atoms with van der Waals surface area (Å²) in [7, 11) is 2.98. The topological polar surface area (TPSA) is 65.0 Å². The molecule has 0 unspecified atom stereocenters. The van der Waals surface area contributed by atoms with Crippen molar-refractivity contribution in [2.24, 2.45) is 0 Å². The van der Waals surface area contributed by atoms with E-state index < -0.39 is 12.6 Å². The molecule has 0 heterocycles. The van der Waals surface area contributed by atoms with Crippen molar-refractivity contribution in [1.82, 2.24) is 0 Å². The largest absolute Gasteiger partial charge is 0.493 e. The van der Waals surface area contributed by atoms with E-state index in [-0.39, 0.29) is 0 Å². The fraction of sp³-hybridized carbons (Fsp3) is 0.364. The van der Waals surface area contributed by atoms with Gasteiger partial charge in [-0.3, -0.25) is 0 Å². The highest BCUT2D eigenvalue weighted by molar-refractivity contribution is 5.69. The van der Waals surface area contributed by atoms with Crippen LogP contribution in [0.15, 0.2) is 12.1 Å². The van der Waals surface area contributed by atoms with Gasteiger partial charge in [-0.25, -0.2) is 4.79 Å². The van der Waals surface area contributed by atoms with E-state index in [9.17, 15) is 4.79 Å². The summed E-state index contributed by atoms with van der Waals surface area (Å²) in [5, 5.41) is 8.55. The molecule has 0 aliphatic carbocycles. The Morgan fingerprint density at radius 3 is 2.12 bits per heavy atom. The zero-order valence-electron chi connectivity index (χ0n) is 9.44. The molecule has 0 spiro atoms. The van der Waals surface area contributed by atoms with Crippen LogP contribution >= 0.6 is 0 Å². The second-order valence-electron chi connectivity index (χ2n) is 3.18. The van der Waals surface area contributed by atoms with Gasteiger partial charge in [-0.2, -0.15) is 0 Å². The molecule has 16 heavy (non-hydrogen) atoms. The molecular weight excluding hydrogens is 212 g/mol. The first-order valence-corrected chi connectivity index (χ1v) is 4.65. The second-order valence-corrected chi connectivity index (χ2v) is 3.18. The molecule has 0 radical (unpaired) electrons. The summed E-state index contributed by atoms with van der Waals surface area (Å²) in [4.78, 5) is 10.4. The van der Waals surface area contributed by atoms with Gasteiger partial charge in [-0.05, 0) is 24.6 Å². The Bertz CT molecular complexity index is 361. The number of aryl methyl sites for hydroxylation is 1. The minimum Gasteiger partial charge on any atom is -0.493 e. The second kappa shape index (κ2) is 5.25. The van der Waals surface area contributed by atoms with E-state index in [1.807, 2.05) is 6.92 Å².